The summed E-state index contributed by atoms with van der Waals surface area (Å²) in [5.41, 5.74) is 5.13. The number of carbonyl (C=O) groups is 2. The van der Waals surface area contributed by atoms with E-state index in [-0.39, 0.29) is 69.2 Å². The van der Waals surface area contributed by atoms with Crippen molar-refractivity contribution < 1.29 is 67.3 Å². The maximum Gasteiger partial charge on any atom is 0.694 e. The molecule has 2 aliphatic heterocycles. The molecule has 0 radical (unpaired) electrons. The highest BCUT2D eigenvalue weighted by Gasteiger charge is 2.48. The molecule has 0 aromatic carbocycles. The zero-order valence-corrected chi connectivity index (χ0v) is 28.9. The average Bonchev–Trinajstić information content (AvgIpc) is 3.63. The minimum absolute atomic E-state index is 0.0302. The fraction of sp³-hybridized carbons (Fsp3) is 0.750. The van der Waals surface area contributed by atoms with E-state index in [1.165, 1.54) is 17.8 Å². The molecular weight excluding hydrogens is 705 g/mol. The number of anilines is 1. The maximum atomic E-state index is 12.2. The van der Waals surface area contributed by atoms with Gasteiger partial charge in [0.1, 0.15) is 50.0 Å². The fourth-order valence-electron chi connectivity index (χ4n) is 5.43. The molecule has 10 atom stereocenters. The molecule has 0 aliphatic carbocycles. The number of aromatic amines is 1. The molecule has 2 aromatic heterocycles. The van der Waals surface area contributed by atoms with Crippen LogP contribution in [0.3, 0.4) is 0 Å². The molecule has 22 nitrogen and oxygen atoms in total. The molecule has 23 heteroatoms. The Balaban J connectivity index is 1.10. The van der Waals surface area contributed by atoms with Crippen LogP contribution >= 0.6 is 8.25 Å². The first-order valence-electron chi connectivity index (χ1n) is 16.2. The molecule has 0 bridgehead atoms. The highest BCUT2D eigenvalue weighted by atomic mass is 31.1. The van der Waals surface area contributed by atoms with Crippen LogP contribution in [-0.2, 0) is 47.1 Å². The lowest BCUT2D eigenvalue weighted by molar-refractivity contribution is -0.260. The molecule has 2 aliphatic rings. The van der Waals surface area contributed by atoms with E-state index in [1.54, 1.807) is 6.92 Å². The van der Waals surface area contributed by atoms with Crippen molar-refractivity contribution in [2.45, 2.75) is 88.3 Å². The Bertz CT molecular complexity index is 1510. The first kappa shape index (κ1) is 40.5. The molecule has 0 spiro atoms. The Morgan fingerprint density at radius 2 is 1.84 bits per heavy atom. The predicted octanol–water partition coefficient (Wildman–Crippen LogP) is -2.72. The number of aliphatic hydroxyl groups excluding tert-OH is 3. The van der Waals surface area contributed by atoms with E-state index in [2.05, 4.69) is 25.6 Å². The molecular formula is C28H45N7O15P+. The Morgan fingerprint density at radius 1 is 1.08 bits per heavy atom. The van der Waals surface area contributed by atoms with Crippen molar-refractivity contribution in [2.24, 2.45) is 0 Å². The van der Waals surface area contributed by atoms with E-state index < -0.39 is 81.5 Å². The van der Waals surface area contributed by atoms with Crippen LogP contribution in [0.25, 0.3) is 11.2 Å². The van der Waals surface area contributed by atoms with Gasteiger partial charge in [0, 0.05) is 31.1 Å². The quantitative estimate of drug-likeness (QED) is 0.0387. The van der Waals surface area contributed by atoms with E-state index in [1.807, 2.05) is 0 Å². The lowest BCUT2D eigenvalue weighted by Gasteiger charge is -2.41. The average molecular weight is 751 g/mol. The molecule has 2 amide bonds. The number of imidazole rings is 1. The summed E-state index contributed by atoms with van der Waals surface area (Å²) in [5.74, 6) is -0.758. The second kappa shape index (κ2) is 19.5. The van der Waals surface area contributed by atoms with E-state index in [0.717, 1.165) is 0 Å². The van der Waals surface area contributed by atoms with Crippen molar-refractivity contribution in [1.82, 2.24) is 30.2 Å². The Labute approximate surface area is 291 Å². The molecule has 2 unspecified atom stereocenters. The summed E-state index contributed by atoms with van der Waals surface area (Å²) in [6, 6.07) is -0.931. The van der Waals surface area contributed by atoms with Crippen LogP contribution in [0.1, 0.15) is 39.3 Å². The lowest BCUT2D eigenvalue weighted by atomic mass is 9.97. The van der Waals surface area contributed by atoms with Crippen molar-refractivity contribution >= 4 is 37.2 Å². The zero-order chi connectivity index (χ0) is 37.1. The van der Waals surface area contributed by atoms with Crippen LogP contribution in [0.2, 0.25) is 0 Å². The van der Waals surface area contributed by atoms with Gasteiger partial charge in [-0.15, -0.1) is 9.42 Å². The van der Waals surface area contributed by atoms with Gasteiger partial charge >= 0.3 is 8.25 Å². The molecule has 4 rings (SSSR count). The largest absolute Gasteiger partial charge is 0.694 e. The van der Waals surface area contributed by atoms with Crippen molar-refractivity contribution in [3.05, 3.63) is 16.7 Å². The maximum absolute atomic E-state index is 12.2. The number of ether oxygens (including phenoxy) is 6. The standard InChI is InChI=1S/C28H44N7O15P/c1-14-20(38)22(40)18(32-15(2)36)27(49-14)46-7-4-3-5-17(37)30-6-8-44-9-10-45-13-47-23-21(39)16(11-48-51(42)43)50-26(23)35-12-31-19-24(35)33-28(29)34-25(19)41/h12,14,16,18,20-23,26-27,38-40H,3-11,13H2,1-2H3,(H5-,29,30,32,33,34,36,37,41,42,43)/p+1/t14-,16+,18-,20?,21+,22-,23+,26+,27-/m0/s1. The third-order valence-electron chi connectivity index (χ3n) is 7.96. The number of nitrogens with one attached hydrogen (secondary N) is 3. The second-order valence-corrected chi connectivity index (χ2v) is 12.5. The van der Waals surface area contributed by atoms with Gasteiger partial charge in [0.2, 0.25) is 17.8 Å². The molecule has 2 aromatic rings. The summed E-state index contributed by atoms with van der Waals surface area (Å²) in [6.07, 6.45) is -6.14. The summed E-state index contributed by atoms with van der Waals surface area (Å²) >= 11 is 0. The minimum Gasteiger partial charge on any atom is -0.388 e. The zero-order valence-electron chi connectivity index (χ0n) is 28.0. The summed E-state index contributed by atoms with van der Waals surface area (Å²) in [7, 11) is -2.95. The van der Waals surface area contributed by atoms with Gasteiger partial charge in [0.05, 0.1) is 32.3 Å². The first-order chi connectivity index (χ1) is 24.4. The van der Waals surface area contributed by atoms with E-state index in [9.17, 15) is 34.3 Å². The third-order valence-corrected chi connectivity index (χ3v) is 8.33. The van der Waals surface area contributed by atoms with Crippen LogP contribution < -0.4 is 21.9 Å². The predicted molar refractivity (Wildman–Crippen MR) is 172 cm³/mol. The van der Waals surface area contributed by atoms with Crippen LogP contribution in [-0.4, -0.2) is 147 Å². The number of rotatable bonds is 20. The number of nitrogens with two attached hydrogens (primary N) is 1. The van der Waals surface area contributed by atoms with Crippen LogP contribution in [0.15, 0.2) is 11.1 Å². The Hall–Kier alpha value is -3.25. The number of aliphatic hydroxyl groups is 3. The molecule has 286 valence electrons. The fourth-order valence-corrected chi connectivity index (χ4v) is 5.70. The highest BCUT2D eigenvalue weighted by Crippen LogP contribution is 2.34. The van der Waals surface area contributed by atoms with E-state index in [0.29, 0.717) is 12.8 Å². The smallest absolute Gasteiger partial charge is 0.388 e. The van der Waals surface area contributed by atoms with Gasteiger partial charge in [-0.3, -0.25) is 23.9 Å². The van der Waals surface area contributed by atoms with Gasteiger partial charge in [-0.2, -0.15) is 4.98 Å². The molecule has 2 saturated heterocycles. The Kier molecular flexibility index (Phi) is 15.5. The molecule has 9 N–H and O–H groups in total. The van der Waals surface area contributed by atoms with Gasteiger partial charge in [0.15, 0.2) is 23.7 Å². The molecule has 0 saturated carbocycles. The molecule has 4 heterocycles. The van der Waals surface area contributed by atoms with Gasteiger partial charge in [0.25, 0.3) is 5.56 Å². The van der Waals surface area contributed by atoms with Gasteiger partial charge < -0.3 is 60.1 Å². The number of nitrogens with zero attached hydrogens (tertiary/aromatic N) is 3. The molecule has 51 heavy (non-hydrogen) atoms. The number of hydrogen-bond acceptors (Lipinski definition) is 17. The number of fused-ring (bicyclic) bond motifs is 1. The number of H-pyrrole nitrogens is 1. The number of unbranched alkanes of at least 4 members (excludes halogenated alkanes) is 1. The number of nitrogen functional groups attached to an aromatic ring is 1. The monoisotopic (exact) mass is 750 g/mol. The topological polar surface area (TPSA) is 310 Å². The Morgan fingerprint density at radius 3 is 2.59 bits per heavy atom. The van der Waals surface area contributed by atoms with Crippen molar-refractivity contribution in [2.75, 3.05) is 52.1 Å². The minimum atomic E-state index is -2.95. The highest BCUT2D eigenvalue weighted by molar-refractivity contribution is 7.32. The number of carbonyl (C=O) groups excluding carboxylic acids is 2. The summed E-state index contributed by atoms with van der Waals surface area (Å²) < 4.78 is 50.9. The number of hydrogen-bond donors (Lipinski definition) is 8. The third kappa shape index (κ3) is 11.4. The van der Waals surface area contributed by atoms with Crippen LogP contribution in [0.4, 0.5) is 5.95 Å². The van der Waals surface area contributed by atoms with Gasteiger partial charge in [-0.1, -0.05) is 0 Å². The molecule has 2 fully saturated rings. The summed E-state index contributed by atoms with van der Waals surface area (Å²) in [5, 5.41) is 36.5. The summed E-state index contributed by atoms with van der Waals surface area (Å²) in [4.78, 5) is 55.3. The van der Waals surface area contributed by atoms with Gasteiger partial charge in [-0.25, -0.2) is 4.98 Å². The normalized spacial score (nSPS) is 28.2. The summed E-state index contributed by atoms with van der Waals surface area (Å²) in [6.45, 7) is 3.08. The van der Waals surface area contributed by atoms with Crippen molar-refractivity contribution in [3.63, 3.8) is 0 Å². The van der Waals surface area contributed by atoms with Crippen molar-refractivity contribution in [3.8, 4) is 0 Å². The van der Waals surface area contributed by atoms with Crippen LogP contribution in [0.5, 0.6) is 0 Å². The van der Waals surface area contributed by atoms with E-state index in [4.69, 9.17) is 43.6 Å². The van der Waals surface area contributed by atoms with Crippen LogP contribution in [0, 0.1) is 0 Å². The van der Waals surface area contributed by atoms with Crippen molar-refractivity contribution in [1.29, 1.82) is 0 Å². The lowest BCUT2D eigenvalue weighted by Crippen LogP contribution is -2.63. The number of amides is 2. The first-order valence-corrected chi connectivity index (χ1v) is 17.3. The number of aromatic nitrogens is 4. The van der Waals surface area contributed by atoms with Gasteiger partial charge in [-0.05, 0) is 19.8 Å². The second-order valence-electron chi connectivity index (χ2n) is 11.7. The van der Waals surface area contributed by atoms with E-state index >= 15 is 0 Å². The SMILES string of the molecule is CC(=O)N[C@@H]1[C@@H](OCCCCC(=O)NCCOCCOCO[C@@H]2[C@H](O)[C@@H](CO[P+](=O)O)O[C@H]2n2cnc3c(=O)[nH]c(N)nc32)O[C@@H](C)C(O)[C@H]1O.